The maximum absolute atomic E-state index is 11.9. The predicted molar refractivity (Wildman–Crippen MR) is 188 cm³/mol. The van der Waals surface area contributed by atoms with Gasteiger partial charge in [0.1, 0.15) is 11.6 Å². The Morgan fingerprint density at radius 3 is 0.957 bits per heavy atom. The minimum Gasteiger partial charge on any atom is -0.299 e. The molecule has 46 heavy (non-hydrogen) atoms. The molecule has 0 radical (unpaired) electrons. The summed E-state index contributed by atoms with van der Waals surface area (Å²) in [6.07, 6.45) is 5.40. The van der Waals surface area contributed by atoms with Crippen molar-refractivity contribution in [3.8, 4) is 0 Å². The molecule has 4 aromatic carbocycles. The standard InChI is InChI=1S/2C21H25NO/c2*1-17-14-20(12-13-21(17)23)22(15-18-8-4-2-5-9-18)16-19-10-6-3-7-11-19/h2*2-11,17,20H,12-16H2,1H3/t2*17-,20-/m10/s1. The summed E-state index contributed by atoms with van der Waals surface area (Å²) in [6, 6.07) is 43.5. The summed E-state index contributed by atoms with van der Waals surface area (Å²) >= 11 is 0. The summed E-state index contributed by atoms with van der Waals surface area (Å²) in [5, 5.41) is 0. The lowest BCUT2D eigenvalue weighted by atomic mass is 9.84. The minimum atomic E-state index is 0.197. The first-order chi connectivity index (χ1) is 22.4. The molecule has 4 aromatic rings. The Kier molecular flexibility index (Phi) is 12.5. The third-order valence-electron chi connectivity index (χ3n) is 9.75. The van der Waals surface area contributed by atoms with Gasteiger partial charge in [-0.3, -0.25) is 19.4 Å². The van der Waals surface area contributed by atoms with Gasteiger partial charge in [0.05, 0.1) is 0 Å². The van der Waals surface area contributed by atoms with E-state index in [-0.39, 0.29) is 11.8 Å². The van der Waals surface area contributed by atoms with E-state index < -0.39 is 0 Å². The Morgan fingerprint density at radius 1 is 0.457 bits per heavy atom. The van der Waals surface area contributed by atoms with Gasteiger partial charge in [-0.15, -0.1) is 0 Å². The van der Waals surface area contributed by atoms with Gasteiger partial charge < -0.3 is 0 Å². The zero-order chi connectivity index (χ0) is 32.1. The molecule has 0 saturated heterocycles. The Bertz CT molecular complexity index is 1280. The van der Waals surface area contributed by atoms with E-state index in [0.717, 1.165) is 64.7 Å². The lowest BCUT2D eigenvalue weighted by Crippen LogP contribution is -2.40. The number of Topliss-reactive ketones (excluding diaryl/α,β-unsaturated/α-hetero) is 2. The zero-order valence-corrected chi connectivity index (χ0v) is 27.6. The summed E-state index contributed by atoms with van der Waals surface area (Å²) in [5.41, 5.74) is 5.36. The van der Waals surface area contributed by atoms with Crippen molar-refractivity contribution in [1.29, 1.82) is 0 Å². The van der Waals surface area contributed by atoms with Gasteiger partial charge in [-0.2, -0.15) is 0 Å². The number of ketones is 2. The topological polar surface area (TPSA) is 40.6 Å². The fraction of sp³-hybridized carbons (Fsp3) is 0.381. The maximum Gasteiger partial charge on any atom is 0.135 e. The zero-order valence-electron chi connectivity index (χ0n) is 27.6. The average Bonchev–Trinajstić information content (AvgIpc) is 3.09. The van der Waals surface area contributed by atoms with Gasteiger partial charge >= 0.3 is 0 Å². The fourth-order valence-electron chi connectivity index (χ4n) is 6.99. The first kappa shape index (κ1) is 33.5. The SMILES string of the molecule is C[C@@H]1C[C@H](N(Cc2ccccc2)Cc2ccccc2)CCC1=O.C[C@H]1C[C@@H](N(Cc2ccccc2)Cc2ccccc2)CCC1=O. The smallest absolute Gasteiger partial charge is 0.135 e. The van der Waals surface area contributed by atoms with Gasteiger partial charge in [0.15, 0.2) is 0 Å². The molecule has 0 unspecified atom stereocenters. The normalized spacial score (nSPS) is 21.6. The van der Waals surface area contributed by atoms with Crippen LogP contribution in [-0.4, -0.2) is 33.4 Å². The molecule has 240 valence electrons. The van der Waals surface area contributed by atoms with Crippen LogP contribution < -0.4 is 0 Å². The molecule has 2 saturated carbocycles. The summed E-state index contributed by atoms with van der Waals surface area (Å²) < 4.78 is 0. The molecule has 0 aromatic heterocycles. The van der Waals surface area contributed by atoms with Crippen molar-refractivity contribution < 1.29 is 9.59 Å². The van der Waals surface area contributed by atoms with Crippen molar-refractivity contribution in [2.24, 2.45) is 11.8 Å². The van der Waals surface area contributed by atoms with Crippen molar-refractivity contribution in [2.45, 2.75) is 90.6 Å². The third kappa shape index (κ3) is 10.1. The van der Waals surface area contributed by atoms with Crippen LogP contribution in [0.25, 0.3) is 0 Å². The average molecular weight is 615 g/mol. The van der Waals surface area contributed by atoms with Crippen molar-refractivity contribution >= 4 is 11.6 Å². The van der Waals surface area contributed by atoms with Crippen LogP contribution in [0.5, 0.6) is 0 Å². The monoisotopic (exact) mass is 614 g/mol. The summed E-state index contributed by atoms with van der Waals surface area (Å²) in [6.45, 7) is 7.95. The number of carbonyl (C=O) groups is 2. The highest BCUT2D eigenvalue weighted by atomic mass is 16.1. The van der Waals surface area contributed by atoms with E-state index in [4.69, 9.17) is 0 Å². The van der Waals surface area contributed by atoms with Crippen LogP contribution in [0.15, 0.2) is 121 Å². The molecule has 0 spiro atoms. The number of carbonyl (C=O) groups excluding carboxylic acids is 2. The lowest BCUT2D eigenvalue weighted by Gasteiger charge is -2.36. The van der Waals surface area contributed by atoms with Crippen LogP contribution in [0.4, 0.5) is 0 Å². The molecule has 0 bridgehead atoms. The highest BCUT2D eigenvalue weighted by Gasteiger charge is 2.30. The van der Waals surface area contributed by atoms with E-state index in [1.165, 1.54) is 22.3 Å². The van der Waals surface area contributed by atoms with Crippen molar-refractivity contribution in [2.75, 3.05) is 0 Å². The second-order valence-electron chi connectivity index (χ2n) is 13.3. The fourth-order valence-corrected chi connectivity index (χ4v) is 6.99. The van der Waals surface area contributed by atoms with Crippen molar-refractivity contribution in [3.63, 3.8) is 0 Å². The molecule has 2 aliphatic carbocycles. The van der Waals surface area contributed by atoms with E-state index in [2.05, 4.69) is 145 Å². The third-order valence-corrected chi connectivity index (χ3v) is 9.75. The van der Waals surface area contributed by atoms with Crippen LogP contribution in [0.3, 0.4) is 0 Å². The van der Waals surface area contributed by atoms with Gasteiger partial charge in [0.2, 0.25) is 0 Å². The minimum absolute atomic E-state index is 0.197. The molecular formula is C42H50N2O2. The van der Waals surface area contributed by atoms with E-state index in [0.29, 0.717) is 23.7 Å². The number of benzene rings is 4. The maximum atomic E-state index is 11.9. The summed E-state index contributed by atoms with van der Waals surface area (Å²) in [7, 11) is 0. The number of hydrogen-bond donors (Lipinski definition) is 0. The number of rotatable bonds is 10. The molecule has 4 atom stereocenters. The van der Waals surface area contributed by atoms with Crippen LogP contribution in [-0.2, 0) is 35.8 Å². The van der Waals surface area contributed by atoms with Gasteiger partial charge in [-0.25, -0.2) is 0 Å². The van der Waals surface area contributed by atoms with Gasteiger partial charge in [-0.05, 0) is 47.9 Å². The van der Waals surface area contributed by atoms with Crippen LogP contribution in [0.2, 0.25) is 0 Å². The van der Waals surface area contributed by atoms with E-state index in [1.807, 2.05) is 0 Å². The largest absolute Gasteiger partial charge is 0.299 e. The summed E-state index contributed by atoms with van der Waals surface area (Å²) in [5.74, 6) is 1.26. The van der Waals surface area contributed by atoms with Crippen LogP contribution >= 0.6 is 0 Å². The Labute approximate surface area is 276 Å². The van der Waals surface area contributed by atoms with Gasteiger partial charge in [0, 0.05) is 62.9 Å². The second-order valence-corrected chi connectivity index (χ2v) is 13.3. The first-order valence-electron chi connectivity index (χ1n) is 17.1. The van der Waals surface area contributed by atoms with Crippen molar-refractivity contribution in [3.05, 3.63) is 144 Å². The molecule has 2 fully saturated rings. The van der Waals surface area contributed by atoms with E-state index >= 15 is 0 Å². The number of nitrogens with zero attached hydrogens (tertiary/aromatic N) is 2. The Hall–Kier alpha value is -3.86. The van der Waals surface area contributed by atoms with E-state index in [9.17, 15) is 9.59 Å². The lowest BCUT2D eigenvalue weighted by molar-refractivity contribution is -0.126. The molecule has 0 amide bonds. The highest BCUT2D eigenvalue weighted by Crippen LogP contribution is 2.29. The molecular weight excluding hydrogens is 564 g/mol. The quantitative estimate of drug-likeness (QED) is 0.179. The molecule has 0 heterocycles. The molecule has 0 aliphatic heterocycles. The predicted octanol–water partition coefficient (Wildman–Crippen LogP) is 8.89. The summed E-state index contributed by atoms with van der Waals surface area (Å²) in [4.78, 5) is 28.8. The van der Waals surface area contributed by atoms with Crippen LogP contribution in [0, 0.1) is 11.8 Å². The molecule has 2 aliphatic rings. The second kappa shape index (κ2) is 17.2. The van der Waals surface area contributed by atoms with Gasteiger partial charge in [0.25, 0.3) is 0 Å². The van der Waals surface area contributed by atoms with Crippen molar-refractivity contribution in [1.82, 2.24) is 9.80 Å². The van der Waals surface area contributed by atoms with Crippen LogP contribution in [0.1, 0.15) is 74.6 Å². The number of hydrogen-bond acceptors (Lipinski definition) is 4. The Morgan fingerprint density at radius 2 is 0.717 bits per heavy atom. The highest BCUT2D eigenvalue weighted by molar-refractivity contribution is 5.81. The molecule has 6 rings (SSSR count). The molecule has 4 nitrogen and oxygen atoms in total. The Balaban J connectivity index is 0.000000181. The van der Waals surface area contributed by atoms with Gasteiger partial charge in [-0.1, -0.05) is 135 Å². The first-order valence-corrected chi connectivity index (χ1v) is 17.1. The van der Waals surface area contributed by atoms with E-state index in [1.54, 1.807) is 0 Å². The molecule has 4 heteroatoms. The molecule has 0 N–H and O–H groups in total.